The van der Waals surface area contributed by atoms with E-state index in [1.165, 1.54) is 18.4 Å². The lowest BCUT2D eigenvalue weighted by Gasteiger charge is -2.27. The van der Waals surface area contributed by atoms with Crippen molar-refractivity contribution in [3.63, 3.8) is 0 Å². The Morgan fingerprint density at radius 2 is 2.06 bits per heavy atom. The minimum absolute atomic E-state index is 0.0433. The maximum absolute atomic E-state index is 13.5. The van der Waals surface area contributed by atoms with E-state index in [9.17, 15) is 4.79 Å². The standard InChI is InChI=1S/C29H31N3O2/c1-19-4-9-23(34-18-22-10-14-30-22)17-25(19)28(33)32-29(11-12-29)26-15-21(8-7-20-5-6-20)16-27-24(26)3-2-13-31-27/h2-4,7-9,13,15-17,20,22,30H,5-6,10-12,14,18H2,1H3,(H,32,33)/b8-7+/t22-/m0/s1. The van der Waals surface area contributed by atoms with Gasteiger partial charge in [0.1, 0.15) is 12.4 Å². The Kier molecular flexibility index (Phi) is 5.37. The molecule has 174 valence electrons. The second-order valence-corrected chi connectivity index (χ2v) is 10.1. The number of hydrogen-bond acceptors (Lipinski definition) is 4. The topological polar surface area (TPSA) is 63.2 Å². The third-order valence-electron chi connectivity index (χ3n) is 7.37. The third-order valence-corrected chi connectivity index (χ3v) is 7.37. The second-order valence-electron chi connectivity index (χ2n) is 10.1. The number of nitrogens with one attached hydrogen (secondary N) is 2. The average molecular weight is 454 g/mol. The third kappa shape index (κ3) is 4.32. The molecule has 2 N–H and O–H groups in total. The predicted molar refractivity (Wildman–Crippen MR) is 135 cm³/mol. The Labute approximate surface area is 200 Å². The molecule has 0 spiro atoms. The molecule has 3 fully saturated rings. The maximum atomic E-state index is 13.5. The number of benzene rings is 2. The number of nitrogens with zero attached hydrogens (tertiary/aromatic N) is 1. The molecule has 2 saturated carbocycles. The first kappa shape index (κ1) is 21.4. The second kappa shape index (κ2) is 8.55. The molecule has 1 amide bonds. The van der Waals surface area contributed by atoms with Gasteiger partial charge in [0.25, 0.3) is 5.91 Å². The summed E-state index contributed by atoms with van der Waals surface area (Å²) >= 11 is 0. The van der Waals surface area contributed by atoms with Gasteiger partial charge in [-0.2, -0.15) is 0 Å². The summed E-state index contributed by atoms with van der Waals surface area (Å²) in [6, 6.07) is 14.7. The number of amides is 1. The molecular formula is C29H31N3O2. The number of hydrogen-bond donors (Lipinski definition) is 2. The summed E-state index contributed by atoms with van der Waals surface area (Å²) in [5.74, 6) is 1.42. The van der Waals surface area contributed by atoms with E-state index in [-0.39, 0.29) is 11.4 Å². The van der Waals surface area contributed by atoms with E-state index in [0.29, 0.717) is 18.2 Å². The zero-order chi connectivity index (χ0) is 23.1. The molecule has 5 nitrogen and oxygen atoms in total. The van der Waals surface area contributed by atoms with Crippen LogP contribution in [0.2, 0.25) is 0 Å². The van der Waals surface area contributed by atoms with Crippen molar-refractivity contribution < 1.29 is 9.53 Å². The average Bonchev–Trinajstić information content (AvgIpc) is 3.74. The molecule has 2 aromatic carbocycles. The molecule has 34 heavy (non-hydrogen) atoms. The van der Waals surface area contributed by atoms with Gasteiger partial charge in [-0.05, 0) is 98.5 Å². The Bertz CT molecular complexity index is 1270. The Hall–Kier alpha value is -3.18. The zero-order valence-corrected chi connectivity index (χ0v) is 19.6. The monoisotopic (exact) mass is 453 g/mol. The van der Waals surface area contributed by atoms with Crippen LogP contribution in [0.5, 0.6) is 5.75 Å². The van der Waals surface area contributed by atoms with Crippen LogP contribution in [0, 0.1) is 12.8 Å². The first-order valence-corrected chi connectivity index (χ1v) is 12.5. The van der Waals surface area contributed by atoms with Crippen molar-refractivity contribution in [2.24, 2.45) is 5.92 Å². The molecule has 0 unspecified atom stereocenters. The van der Waals surface area contributed by atoms with Crippen molar-refractivity contribution in [3.05, 3.63) is 77.0 Å². The fourth-order valence-corrected chi connectivity index (χ4v) is 4.73. The van der Waals surface area contributed by atoms with Gasteiger partial charge in [-0.3, -0.25) is 9.78 Å². The molecule has 1 aromatic heterocycles. The highest BCUT2D eigenvalue weighted by Gasteiger charge is 2.47. The van der Waals surface area contributed by atoms with E-state index >= 15 is 0 Å². The number of allylic oxidation sites excluding steroid dienone is 1. The fraction of sp³-hybridized carbons (Fsp3) is 0.379. The van der Waals surface area contributed by atoms with E-state index in [4.69, 9.17) is 4.74 Å². The number of ether oxygens (including phenoxy) is 1. The first-order valence-electron chi connectivity index (χ1n) is 12.5. The van der Waals surface area contributed by atoms with Gasteiger partial charge in [-0.1, -0.05) is 24.3 Å². The number of carbonyl (C=O) groups is 1. The Morgan fingerprint density at radius 3 is 2.79 bits per heavy atom. The van der Waals surface area contributed by atoms with E-state index in [2.05, 4.69) is 46.0 Å². The largest absolute Gasteiger partial charge is 0.492 e. The molecule has 1 saturated heterocycles. The summed E-state index contributed by atoms with van der Waals surface area (Å²) in [6.07, 6.45) is 11.9. The molecule has 2 heterocycles. The highest BCUT2D eigenvalue weighted by Crippen LogP contribution is 2.48. The summed E-state index contributed by atoms with van der Waals surface area (Å²) in [5, 5.41) is 7.85. The summed E-state index contributed by atoms with van der Waals surface area (Å²) < 4.78 is 5.95. The number of rotatable bonds is 8. The molecule has 3 aromatic rings. The zero-order valence-electron chi connectivity index (χ0n) is 19.6. The quantitative estimate of drug-likeness (QED) is 0.497. The molecule has 1 atom stereocenters. The molecule has 2 aliphatic carbocycles. The van der Waals surface area contributed by atoms with Crippen LogP contribution in [0.3, 0.4) is 0 Å². The molecule has 1 aliphatic heterocycles. The van der Waals surface area contributed by atoms with Crippen LogP contribution >= 0.6 is 0 Å². The van der Waals surface area contributed by atoms with Crippen LogP contribution in [0.1, 0.15) is 59.2 Å². The lowest BCUT2D eigenvalue weighted by atomic mass is 9.95. The van der Waals surface area contributed by atoms with Crippen molar-refractivity contribution in [2.75, 3.05) is 13.2 Å². The van der Waals surface area contributed by atoms with Gasteiger partial charge in [-0.15, -0.1) is 0 Å². The van der Waals surface area contributed by atoms with Gasteiger partial charge in [0, 0.05) is 23.2 Å². The van der Waals surface area contributed by atoms with Crippen molar-refractivity contribution in [1.82, 2.24) is 15.6 Å². The van der Waals surface area contributed by atoms with E-state index in [1.54, 1.807) is 0 Å². The highest BCUT2D eigenvalue weighted by molar-refractivity contribution is 5.97. The SMILES string of the molecule is Cc1ccc(OC[C@@H]2CCN2)cc1C(=O)NC1(c2cc(/C=C/C3CC3)cc3ncccc23)CC1. The lowest BCUT2D eigenvalue weighted by Crippen LogP contribution is -2.46. The first-order chi connectivity index (χ1) is 16.6. The van der Waals surface area contributed by atoms with Crippen molar-refractivity contribution in [1.29, 1.82) is 0 Å². The van der Waals surface area contributed by atoms with Crippen LogP contribution in [-0.2, 0) is 5.54 Å². The van der Waals surface area contributed by atoms with Gasteiger partial charge in [-0.25, -0.2) is 0 Å². The number of aryl methyl sites for hydroxylation is 1. The minimum Gasteiger partial charge on any atom is -0.492 e. The van der Waals surface area contributed by atoms with Gasteiger partial charge in [0.2, 0.25) is 0 Å². The smallest absolute Gasteiger partial charge is 0.252 e. The van der Waals surface area contributed by atoms with Crippen molar-refractivity contribution in [3.8, 4) is 5.75 Å². The van der Waals surface area contributed by atoms with Crippen LogP contribution < -0.4 is 15.4 Å². The number of fused-ring (bicyclic) bond motifs is 1. The molecular weight excluding hydrogens is 422 g/mol. The normalized spacial score (nSPS) is 20.8. The van der Waals surface area contributed by atoms with Gasteiger partial charge in [0.15, 0.2) is 0 Å². The Morgan fingerprint density at radius 1 is 1.21 bits per heavy atom. The number of aromatic nitrogens is 1. The van der Waals surface area contributed by atoms with Crippen LogP contribution in [-0.4, -0.2) is 30.1 Å². The summed E-state index contributed by atoms with van der Waals surface area (Å²) in [4.78, 5) is 18.1. The van der Waals surface area contributed by atoms with E-state index in [0.717, 1.165) is 59.5 Å². The molecule has 3 aliphatic rings. The van der Waals surface area contributed by atoms with E-state index in [1.807, 2.05) is 37.4 Å². The highest BCUT2D eigenvalue weighted by atomic mass is 16.5. The molecule has 5 heteroatoms. The van der Waals surface area contributed by atoms with Crippen LogP contribution in [0.15, 0.2) is 54.7 Å². The fourth-order valence-electron chi connectivity index (χ4n) is 4.73. The Balaban J connectivity index is 1.27. The summed E-state index contributed by atoms with van der Waals surface area (Å²) in [7, 11) is 0. The number of pyridine rings is 1. The minimum atomic E-state index is -0.346. The van der Waals surface area contributed by atoms with Crippen LogP contribution in [0.25, 0.3) is 17.0 Å². The van der Waals surface area contributed by atoms with Crippen LogP contribution in [0.4, 0.5) is 0 Å². The summed E-state index contributed by atoms with van der Waals surface area (Å²) in [5.41, 5.74) is 4.59. The van der Waals surface area contributed by atoms with Gasteiger partial charge >= 0.3 is 0 Å². The van der Waals surface area contributed by atoms with Crippen molar-refractivity contribution in [2.45, 2.75) is 50.6 Å². The number of carbonyl (C=O) groups excluding carboxylic acids is 1. The van der Waals surface area contributed by atoms with Crippen molar-refractivity contribution >= 4 is 22.9 Å². The maximum Gasteiger partial charge on any atom is 0.252 e. The molecule has 0 bridgehead atoms. The van der Waals surface area contributed by atoms with E-state index < -0.39 is 0 Å². The predicted octanol–water partition coefficient (Wildman–Crippen LogP) is 5.13. The summed E-state index contributed by atoms with van der Waals surface area (Å²) in [6.45, 7) is 3.67. The molecule has 0 radical (unpaired) electrons. The van der Waals surface area contributed by atoms with Gasteiger partial charge < -0.3 is 15.4 Å². The molecule has 6 rings (SSSR count). The lowest BCUT2D eigenvalue weighted by molar-refractivity contribution is 0.0930. The van der Waals surface area contributed by atoms with Gasteiger partial charge in [0.05, 0.1) is 11.1 Å².